The van der Waals surface area contributed by atoms with Gasteiger partial charge in [-0.2, -0.15) is 0 Å². The van der Waals surface area contributed by atoms with E-state index in [0.717, 1.165) is 28.1 Å². The van der Waals surface area contributed by atoms with E-state index in [9.17, 15) is 4.79 Å². The van der Waals surface area contributed by atoms with Crippen LogP contribution in [0.15, 0.2) is 42.6 Å². The van der Waals surface area contributed by atoms with Gasteiger partial charge >= 0.3 is 0 Å². The Labute approximate surface area is 152 Å². The fourth-order valence-electron chi connectivity index (χ4n) is 3.48. The van der Waals surface area contributed by atoms with E-state index in [4.69, 9.17) is 4.74 Å². The van der Waals surface area contributed by atoms with Crippen molar-refractivity contribution in [2.45, 2.75) is 26.5 Å². The maximum atomic E-state index is 12.9. The maximum absolute atomic E-state index is 12.9. The summed E-state index contributed by atoms with van der Waals surface area (Å²) in [7, 11) is 0. The van der Waals surface area contributed by atoms with Gasteiger partial charge in [-0.25, -0.2) is 4.98 Å². The molecule has 0 radical (unpaired) electrons. The Balaban J connectivity index is 1.51. The van der Waals surface area contributed by atoms with E-state index >= 15 is 0 Å². The number of aryl methyl sites for hydroxylation is 2. The van der Waals surface area contributed by atoms with Gasteiger partial charge in [0.15, 0.2) is 0 Å². The molecule has 1 amide bonds. The molecule has 0 spiro atoms. The molecular weight excluding hydrogens is 328 g/mol. The molecule has 0 unspecified atom stereocenters. The van der Waals surface area contributed by atoms with E-state index in [1.54, 1.807) is 6.20 Å². The van der Waals surface area contributed by atoms with Crippen molar-refractivity contribution in [3.63, 3.8) is 0 Å². The molecule has 1 aliphatic rings. The maximum Gasteiger partial charge on any atom is 0.242 e. The van der Waals surface area contributed by atoms with Crippen molar-refractivity contribution < 1.29 is 9.53 Å². The van der Waals surface area contributed by atoms with Crippen LogP contribution in [0.1, 0.15) is 23.2 Å². The van der Waals surface area contributed by atoms with Gasteiger partial charge in [0.05, 0.1) is 24.2 Å². The highest BCUT2D eigenvalue weighted by molar-refractivity contribution is 5.81. The van der Waals surface area contributed by atoms with Crippen LogP contribution in [0.2, 0.25) is 0 Å². The normalized spacial score (nSPS) is 17.6. The number of nitrogens with zero attached hydrogens (tertiary/aromatic N) is 4. The molecule has 6 heteroatoms. The van der Waals surface area contributed by atoms with Crippen LogP contribution in [0.4, 0.5) is 0 Å². The molecular formula is C20H22N4O2. The van der Waals surface area contributed by atoms with E-state index in [0.29, 0.717) is 26.2 Å². The van der Waals surface area contributed by atoms with Crippen molar-refractivity contribution in [2.75, 3.05) is 19.7 Å². The number of hydrogen-bond acceptors (Lipinski definition) is 4. The number of fused-ring (bicyclic) bond motifs is 1. The molecule has 1 atom stereocenters. The second-order valence-electron chi connectivity index (χ2n) is 6.66. The second-order valence-corrected chi connectivity index (χ2v) is 6.66. The van der Waals surface area contributed by atoms with Crippen LogP contribution < -0.4 is 0 Å². The number of aromatic nitrogens is 3. The van der Waals surface area contributed by atoms with Crippen molar-refractivity contribution >= 4 is 16.9 Å². The standard InChI is InChI=1S/C20H22N4O2/c1-14-11-16(7-8-21-14)19-12-23(9-10-26-19)20(25)13-24-15(2)22-17-5-3-4-6-18(17)24/h3-8,11,19H,9-10,12-13H2,1-2H3/t19-/m1/s1. The average Bonchev–Trinajstić information content (AvgIpc) is 2.97. The predicted molar refractivity (Wildman–Crippen MR) is 98.7 cm³/mol. The monoisotopic (exact) mass is 350 g/mol. The van der Waals surface area contributed by atoms with Crippen LogP contribution in [-0.4, -0.2) is 45.0 Å². The molecule has 4 rings (SSSR count). The number of carbonyl (C=O) groups excluding carboxylic acids is 1. The van der Waals surface area contributed by atoms with Gasteiger partial charge < -0.3 is 14.2 Å². The molecule has 0 aliphatic carbocycles. The highest BCUT2D eigenvalue weighted by Gasteiger charge is 2.26. The number of pyridine rings is 1. The fourth-order valence-corrected chi connectivity index (χ4v) is 3.48. The predicted octanol–water partition coefficient (Wildman–Crippen LogP) is 2.65. The number of ether oxygens (including phenoxy) is 1. The Hall–Kier alpha value is -2.73. The highest BCUT2D eigenvalue weighted by atomic mass is 16.5. The van der Waals surface area contributed by atoms with E-state index in [-0.39, 0.29) is 12.0 Å². The molecule has 3 heterocycles. The molecule has 0 N–H and O–H groups in total. The summed E-state index contributed by atoms with van der Waals surface area (Å²) in [5.74, 6) is 0.949. The first kappa shape index (κ1) is 16.7. The minimum Gasteiger partial charge on any atom is -0.370 e. The Bertz CT molecular complexity index is 950. The Morgan fingerprint density at radius 1 is 1.27 bits per heavy atom. The molecule has 26 heavy (non-hydrogen) atoms. The van der Waals surface area contributed by atoms with Crippen LogP contribution in [0.5, 0.6) is 0 Å². The SMILES string of the molecule is Cc1cc([C@H]2CN(C(=O)Cn3c(C)nc4ccccc43)CCO2)ccn1. The van der Waals surface area contributed by atoms with Crippen LogP contribution in [-0.2, 0) is 16.1 Å². The van der Waals surface area contributed by atoms with Crippen molar-refractivity contribution in [1.82, 2.24) is 19.4 Å². The molecule has 134 valence electrons. The van der Waals surface area contributed by atoms with Gasteiger partial charge in [0, 0.05) is 18.4 Å². The van der Waals surface area contributed by atoms with Crippen molar-refractivity contribution in [3.8, 4) is 0 Å². The van der Waals surface area contributed by atoms with E-state index in [1.165, 1.54) is 0 Å². The third kappa shape index (κ3) is 3.20. The number of hydrogen-bond donors (Lipinski definition) is 0. The van der Waals surface area contributed by atoms with E-state index < -0.39 is 0 Å². The summed E-state index contributed by atoms with van der Waals surface area (Å²) in [6.07, 6.45) is 1.69. The summed E-state index contributed by atoms with van der Waals surface area (Å²) in [6, 6.07) is 11.9. The van der Waals surface area contributed by atoms with Gasteiger partial charge in [0.1, 0.15) is 18.5 Å². The molecule has 1 saturated heterocycles. The van der Waals surface area contributed by atoms with Gasteiger partial charge in [-0.1, -0.05) is 12.1 Å². The molecule has 0 bridgehead atoms. The average molecular weight is 350 g/mol. The molecule has 1 aromatic carbocycles. The zero-order valence-electron chi connectivity index (χ0n) is 15.1. The third-order valence-electron chi connectivity index (χ3n) is 4.85. The van der Waals surface area contributed by atoms with Gasteiger partial charge in [0.2, 0.25) is 5.91 Å². The molecule has 1 fully saturated rings. The molecule has 1 aliphatic heterocycles. The number of imidazole rings is 1. The summed E-state index contributed by atoms with van der Waals surface area (Å²) in [5, 5.41) is 0. The lowest BCUT2D eigenvalue weighted by molar-refractivity contribution is -0.139. The fraction of sp³-hybridized carbons (Fsp3) is 0.350. The van der Waals surface area contributed by atoms with E-state index in [2.05, 4.69) is 9.97 Å². The third-order valence-corrected chi connectivity index (χ3v) is 4.85. The van der Waals surface area contributed by atoms with Crippen LogP contribution in [0.25, 0.3) is 11.0 Å². The number of benzene rings is 1. The quantitative estimate of drug-likeness (QED) is 0.729. The van der Waals surface area contributed by atoms with Gasteiger partial charge in [0.25, 0.3) is 0 Å². The molecule has 6 nitrogen and oxygen atoms in total. The molecule has 2 aromatic heterocycles. The lowest BCUT2D eigenvalue weighted by Crippen LogP contribution is -2.43. The first-order valence-corrected chi connectivity index (χ1v) is 8.85. The van der Waals surface area contributed by atoms with Gasteiger partial charge in [-0.3, -0.25) is 9.78 Å². The van der Waals surface area contributed by atoms with Crippen LogP contribution in [0, 0.1) is 13.8 Å². The van der Waals surface area contributed by atoms with Crippen molar-refractivity contribution in [3.05, 3.63) is 59.7 Å². The summed E-state index contributed by atoms with van der Waals surface area (Å²) in [4.78, 5) is 23.6. The number of carbonyl (C=O) groups is 1. The number of rotatable bonds is 3. The summed E-state index contributed by atoms with van der Waals surface area (Å²) in [6.45, 7) is 5.92. The van der Waals surface area contributed by atoms with Crippen molar-refractivity contribution in [1.29, 1.82) is 0 Å². The smallest absolute Gasteiger partial charge is 0.242 e. The van der Waals surface area contributed by atoms with Gasteiger partial charge in [-0.05, 0) is 43.7 Å². The second kappa shape index (κ2) is 6.88. The lowest BCUT2D eigenvalue weighted by atomic mass is 10.1. The van der Waals surface area contributed by atoms with Gasteiger partial charge in [-0.15, -0.1) is 0 Å². The zero-order valence-corrected chi connectivity index (χ0v) is 15.1. The number of amides is 1. The van der Waals surface area contributed by atoms with E-state index in [1.807, 2.05) is 59.7 Å². The highest BCUT2D eigenvalue weighted by Crippen LogP contribution is 2.23. The Morgan fingerprint density at radius 2 is 2.12 bits per heavy atom. The first-order chi connectivity index (χ1) is 12.6. The Kier molecular flexibility index (Phi) is 4.42. The first-order valence-electron chi connectivity index (χ1n) is 8.85. The number of morpholine rings is 1. The molecule has 0 saturated carbocycles. The lowest BCUT2D eigenvalue weighted by Gasteiger charge is -2.33. The minimum absolute atomic E-state index is 0.0929. The molecule has 3 aromatic rings. The minimum atomic E-state index is -0.102. The van der Waals surface area contributed by atoms with Crippen LogP contribution >= 0.6 is 0 Å². The Morgan fingerprint density at radius 3 is 2.96 bits per heavy atom. The van der Waals surface area contributed by atoms with Crippen LogP contribution in [0.3, 0.4) is 0 Å². The van der Waals surface area contributed by atoms with Crippen molar-refractivity contribution in [2.24, 2.45) is 0 Å². The zero-order chi connectivity index (χ0) is 18.1. The largest absolute Gasteiger partial charge is 0.370 e. The summed E-state index contributed by atoms with van der Waals surface area (Å²) in [5.41, 5.74) is 3.94. The topological polar surface area (TPSA) is 60.2 Å². The summed E-state index contributed by atoms with van der Waals surface area (Å²) < 4.78 is 7.87. The number of para-hydroxylation sites is 2. The summed E-state index contributed by atoms with van der Waals surface area (Å²) >= 11 is 0.